The van der Waals surface area contributed by atoms with Gasteiger partial charge in [0.1, 0.15) is 0 Å². The molecule has 4 rings (SSSR count). The number of ether oxygens (including phenoxy) is 2. The third-order valence-electron chi connectivity index (χ3n) is 4.50. The number of rotatable bonds is 6. The molecule has 0 saturated carbocycles. The minimum absolute atomic E-state index is 0.346. The molecular weight excluding hydrogens is 384 g/mol. The topological polar surface area (TPSA) is 81.8 Å². The van der Waals surface area contributed by atoms with E-state index in [1.54, 1.807) is 11.3 Å². The van der Waals surface area contributed by atoms with E-state index in [0.717, 1.165) is 47.2 Å². The van der Waals surface area contributed by atoms with Crippen LogP contribution >= 0.6 is 11.3 Å². The Morgan fingerprint density at radius 3 is 2.76 bits per heavy atom. The predicted octanol–water partition coefficient (Wildman–Crippen LogP) is 4.02. The van der Waals surface area contributed by atoms with Crippen molar-refractivity contribution < 1.29 is 9.47 Å². The number of aryl methyl sites for hydroxylation is 2. The first-order valence-electron chi connectivity index (χ1n) is 9.70. The van der Waals surface area contributed by atoms with Crippen LogP contribution in [0.25, 0.3) is 0 Å². The van der Waals surface area contributed by atoms with Gasteiger partial charge in [-0.3, -0.25) is 0 Å². The number of hydrogen-bond donors (Lipinski definition) is 2. The maximum absolute atomic E-state index is 6.04. The van der Waals surface area contributed by atoms with Gasteiger partial charge in [-0.25, -0.2) is 9.98 Å². The van der Waals surface area contributed by atoms with Gasteiger partial charge in [0.05, 0.1) is 30.5 Å². The summed E-state index contributed by atoms with van der Waals surface area (Å²) in [5.74, 6) is 1.83. The molecular formula is C22H24N4O2S. The molecule has 7 heteroatoms. The zero-order valence-corrected chi connectivity index (χ0v) is 17.0. The van der Waals surface area contributed by atoms with Crippen LogP contribution in [0.2, 0.25) is 0 Å². The molecule has 1 aromatic heterocycles. The number of guanidine groups is 1. The van der Waals surface area contributed by atoms with Crippen LogP contribution in [0.1, 0.15) is 22.7 Å². The van der Waals surface area contributed by atoms with Crippen molar-refractivity contribution in [2.45, 2.75) is 25.8 Å². The van der Waals surface area contributed by atoms with Crippen molar-refractivity contribution in [3.8, 4) is 11.5 Å². The van der Waals surface area contributed by atoms with Gasteiger partial charge in [0.25, 0.3) is 0 Å². The van der Waals surface area contributed by atoms with Gasteiger partial charge < -0.3 is 20.5 Å². The number of aromatic nitrogens is 1. The van der Waals surface area contributed by atoms with E-state index in [1.807, 2.05) is 29.6 Å². The van der Waals surface area contributed by atoms with Crippen LogP contribution in [-0.4, -0.2) is 24.2 Å². The van der Waals surface area contributed by atoms with Crippen LogP contribution in [0.5, 0.6) is 11.5 Å². The number of nitrogens with zero attached hydrogens (tertiary/aromatic N) is 2. The second-order valence-electron chi connectivity index (χ2n) is 6.76. The average Bonchev–Trinajstić information content (AvgIpc) is 3.07. The molecule has 0 atom stereocenters. The highest BCUT2D eigenvalue weighted by atomic mass is 32.1. The van der Waals surface area contributed by atoms with Gasteiger partial charge >= 0.3 is 0 Å². The van der Waals surface area contributed by atoms with Gasteiger partial charge in [0.15, 0.2) is 17.5 Å². The van der Waals surface area contributed by atoms with Gasteiger partial charge in [-0.1, -0.05) is 30.3 Å². The summed E-state index contributed by atoms with van der Waals surface area (Å²) in [7, 11) is 0. The van der Waals surface area contributed by atoms with Gasteiger partial charge in [-0.15, -0.1) is 11.3 Å². The summed E-state index contributed by atoms with van der Waals surface area (Å²) in [6.45, 7) is 1.77. The molecule has 0 saturated heterocycles. The van der Waals surface area contributed by atoms with E-state index >= 15 is 0 Å². The van der Waals surface area contributed by atoms with Crippen molar-refractivity contribution in [1.29, 1.82) is 0 Å². The maximum Gasteiger partial charge on any atom is 0.193 e. The number of aliphatic imine (C=N–C) groups is 1. The van der Waals surface area contributed by atoms with Crippen LogP contribution < -0.4 is 20.5 Å². The molecule has 3 N–H and O–H groups in total. The van der Waals surface area contributed by atoms with E-state index in [4.69, 9.17) is 15.2 Å². The summed E-state index contributed by atoms with van der Waals surface area (Å²) >= 11 is 1.67. The molecule has 29 heavy (non-hydrogen) atoms. The summed E-state index contributed by atoms with van der Waals surface area (Å²) in [4.78, 5) is 9.07. The molecule has 0 unspecified atom stereocenters. The summed E-state index contributed by atoms with van der Waals surface area (Å²) < 4.78 is 11.3. The first kappa shape index (κ1) is 19.3. The Kier molecular flexibility index (Phi) is 6.26. The average molecular weight is 409 g/mol. The fourth-order valence-corrected chi connectivity index (χ4v) is 3.82. The molecule has 6 nitrogen and oxygen atoms in total. The van der Waals surface area contributed by atoms with Crippen molar-refractivity contribution in [2.75, 3.05) is 18.5 Å². The number of nitrogens with one attached hydrogen (secondary N) is 1. The van der Waals surface area contributed by atoms with E-state index in [9.17, 15) is 0 Å². The number of nitrogens with two attached hydrogens (primary N) is 1. The molecule has 0 radical (unpaired) electrons. The van der Waals surface area contributed by atoms with Crippen LogP contribution in [0.4, 0.5) is 5.69 Å². The smallest absolute Gasteiger partial charge is 0.193 e. The lowest BCUT2D eigenvalue weighted by molar-refractivity contribution is 0.297. The number of fused-ring (bicyclic) bond motifs is 1. The zero-order valence-electron chi connectivity index (χ0n) is 16.1. The quantitative estimate of drug-likeness (QED) is 0.476. The van der Waals surface area contributed by atoms with Crippen LogP contribution in [0.3, 0.4) is 0 Å². The lowest BCUT2D eigenvalue weighted by atomic mass is 10.1. The molecule has 2 aromatic carbocycles. The Bertz CT molecular complexity index is 972. The van der Waals surface area contributed by atoms with Gasteiger partial charge in [0.2, 0.25) is 0 Å². The highest BCUT2D eigenvalue weighted by Crippen LogP contribution is 2.32. The first-order valence-corrected chi connectivity index (χ1v) is 10.6. The summed E-state index contributed by atoms with van der Waals surface area (Å²) in [6.07, 6.45) is 2.80. The second kappa shape index (κ2) is 9.43. The lowest BCUT2D eigenvalue weighted by Gasteiger charge is -2.10. The number of thiazole rings is 1. The minimum Gasteiger partial charge on any atom is -0.490 e. The van der Waals surface area contributed by atoms with E-state index < -0.39 is 0 Å². The van der Waals surface area contributed by atoms with Crippen molar-refractivity contribution in [3.63, 3.8) is 0 Å². The summed E-state index contributed by atoms with van der Waals surface area (Å²) in [5, 5.41) is 6.27. The zero-order chi connectivity index (χ0) is 19.9. The predicted molar refractivity (Wildman–Crippen MR) is 117 cm³/mol. The number of anilines is 1. The molecule has 1 aliphatic heterocycles. The fourth-order valence-electron chi connectivity index (χ4n) is 3.03. The Balaban J connectivity index is 1.31. The Hall–Kier alpha value is -3.06. The lowest BCUT2D eigenvalue weighted by Crippen LogP contribution is -2.22. The fraction of sp³-hybridized carbons (Fsp3) is 0.273. The second-order valence-corrected chi connectivity index (χ2v) is 7.70. The SMILES string of the molecule is NC(=NCc1csc(CCc2ccccc2)n1)Nc1ccc2c(c1)OCCCO2. The Morgan fingerprint density at radius 2 is 1.90 bits per heavy atom. The van der Waals surface area contributed by atoms with Crippen LogP contribution in [0, 0.1) is 0 Å². The van der Waals surface area contributed by atoms with Gasteiger partial charge in [-0.05, 0) is 24.1 Å². The highest BCUT2D eigenvalue weighted by Gasteiger charge is 2.11. The van der Waals surface area contributed by atoms with Crippen molar-refractivity contribution in [2.24, 2.45) is 10.7 Å². The van der Waals surface area contributed by atoms with E-state index in [-0.39, 0.29) is 0 Å². The maximum atomic E-state index is 6.04. The minimum atomic E-state index is 0.346. The summed E-state index contributed by atoms with van der Waals surface area (Å²) in [5.41, 5.74) is 9.12. The standard InChI is InChI=1S/C22H24N4O2S/c23-22(26-17-8-9-19-20(13-17)28-12-4-11-27-19)24-14-18-15-29-21(25-18)10-7-16-5-2-1-3-6-16/h1-3,5-6,8-9,13,15H,4,7,10-12,14H2,(H3,23,24,26). The van der Waals surface area contributed by atoms with Crippen LogP contribution in [0.15, 0.2) is 58.9 Å². The third kappa shape index (κ3) is 5.48. The van der Waals surface area contributed by atoms with Gasteiger partial charge in [-0.2, -0.15) is 0 Å². The normalized spacial score (nSPS) is 13.7. The van der Waals surface area contributed by atoms with Crippen molar-refractivity contribution >= 4 is 23.0 Å². The van der Waals surface area contributed by atoms with Gasteiger partial charge in [0, 0.05) is 30.0 Å². The van der Waals surface area contributed by atoms with Crippen molar-refractivity contribution in [3.05, 3.63) is 70.2 Å². The summed E-state index contributed by atoms with van der Waals surface area (Å²) in [6, 6.07) is 16.1. The highest BCUT2D eigenvalue weighted by molar-refractivity contribution is 7.09. The Labute approximate surface area is 174 Å². The molecule has 1 aliphatic rings. The molecule has 0 amide bonds. The largest absolute Gasteiger partial charge is 0.490 e. The van der Waals surface area contributed by atoms with E-state index in [2.05, 4.69) is 39.6 Å². The molecule has 0 spiro atoms. The van der Waals surface area contributed by atoms with E-state index in [1.165, 1.54) is 5.56 Å². The van der Waals surface area contributed by atoms with E-state index in [0.29, 0.717) is 25.7 Å². The monoisotopic (exact) mass is 408 g/mol. The van der Waals surface area contributed by atoms with Crippen molar-refractivity contribution in [1.82, 2.24) is 4.98 Å². The molecule has 0 fully saturated rings. The number of hydrogen-bond acceptors (Lipinski definition) is 5. The first-order chi connectivity index (χ1) is 14.3. The third-order valence-corrected chi connectivity index (χ3v) is 5.46. The molecule has 0 bridgehead atoms. The Morgan fingerprint density at radius 1 is 1.07 bits per heavy atom. The number of benzene rings is 2. The molecule has 2 heterocycles. The molecule has 150 valence electrons. The molecule has 0 aliphatic carbocycles. The molecule has 3 aromatic rings. The van der Waals surface area contributed by atoms with Crippen LogP contribution in [-0.2, 0) is 19.4 Å².